The molecular weight excluding hydrogens is 609 g/mol. The maximum Gasteiger partial charge on any atom is 0.422 e. The van der Waals surface area contributed by atoms with E-state index in [1.807, 2.05) is 0 Å². The molecule has 3 atom stereocenters. The van der Waals surface area contributed by atoms with Crippen LogP contribution in [0, 0.1) is 0 Å². The molecule has 0 aliphatic rings. The molecule has 0 saturated heterocycles. The van der Waals surface area contributed by atoms with Crippen molar-refractivity contribution in [2.75, 3.05) is 4.90 Å². The number of halogens is 3. The van der Waals surface area contributed by atoms with Gasteiger partial charge in [0.25, 0.3) is 0 Å². The Hall–Kier alpha value is -3.76. The highest BCUT2D eigenvalue weighted by Crippen LogP contribution is 2.42. The number of anilines is 1. The van der Waals surface area contributed by atoms with Crippen molar-refractivity contribution in [2.24, 2.45) is 0 Å². The molecule has 0 radical (unpaired) electrons. The van der Waals surface area contributed by atoms with E-state index < -0.39 is 46.1 Å². The van der Waals surface area contributed by atoms with Crippen molar-refractivity contribution in [3.63, 3.8) is 0 Å². The Balaban J connectivity index is 1.86. The van der Waals surface area contributed by atoms with Gasteiger partial charge in [-0.3, -0.25) is 4.98 Å². The number of fused-ring (bicyclic) bond motifs is 1. The molecule has 0 aliphatic heterocycles. The van der Waals surface area contributed by atoms with Gasteiger partial charge in [-0.25, -0.2) is 14.6 Å². The largest absolute Gasteiger partial charge is 0.598 e. The average Bonchev–Trinajstić information content (AvgIpc) is 3.34. The molecule has 2 unspecified atom stereocenters. The SMILES string of the molecule is CC(C)(C)[S+]([O-])NC(c1cccc(N(C(=O)O)C(=O)O)n1)c1cc2cccc(-c3cc([C@@](C)(O)C(F)(F)F)ccn3)c2s1. The molecule has 0 spiro atoms. The van der Waals surface area contributed by atoms with Gasteiger partial charge in [-0.2, -0.15) is 18.1 Å². The number of benzene rings is 1. The Kier molecular flexibility index (Phi) is 8.77. The second kappa shape index (κ2) is 11.7. The van der Waals surface area contributed by atoms with Crippen LogP contribution in [0.5, 0.6) is 0 Å². The smallest absolute Gasteiger partial charge is 0.422 e. The Bertz CT molecular complexity index is 1660. The summed E-state index contributed by atoms with van der Waals surface area (Å²) < 4.78 is 56.7. The number of alkyl halides is 3. The maximum atomic E-state index is 13.5. The highest BCUT2D eigenvalue weighted by molar-refractivity contribution is 7.90. The Morgan fingerprint density at radius 3 is 2.28 bits per heavy atom. The number of imide groups is 1. The second-order valence-electron chi connectivity index (χ2n) is 10.6. The van der Waals surface area contributed by atoms with Crippen molar-refractivity contribution in [2.45, 2.75) is 50.3 Å². The van der Waals surface area contributed by atoms with Crippen LogP contribution in [0.2, 0.25) is 0 Å². The molecule has 4 aromatic rings. The standard InChI is InChI=1S/C28H27F3N4O6S2/c1-26(2,3)43(41)34-22(18-9-6-10-21(33-18)35(24(36)37)25(38)39)20-13-15-7-5-8-17(23(15)42-20)19-14-16(11-12-32-19)27(4,40)28(29,30)31/h5-14,22,34,40H,1-4H3,(H,36,37)(H,38,39)/t22?,27-,43?/m1/s1. The quantitative estimate of drug-likeness (QED) is 0.168. The van der Waals surface area contributed by atoms with Crippen LogP contribution >= 0.6 is 11.3 Å². The summed E-state index contributed by atoms with van der Waals surface area (Å²) in [5, 5.41) is 29.7. The number of aromatic nitrogens is 2. The van der Waals surface area contributed by atoms with Gasteiger partial charge < -0.3 is 19.9 Å². The fraction of sp³-hybridized carbons (Fsp3) is 0.286. The van der Waals surface area contributed by atoms with Gasteiger partial charge in [-0.1, -0.05) is 24.3 Å². The van der Waals surface area contributed by atoms with Crippen LogP contribution in [0.25, 0.3) is 21.3 Å². The summed E-state index contributed by atoms with van der Waals surface area (Å²) in [6, 6.07) is 12.4. The third-order valence-electron chi connectivity index (χ3n) is 6.44. The van der Waals surface area contributed by atoms with Crippen molar-refractivity contribution in [3.05, 3.63) is 76.9 Å². The number of amides is 2. The van der Waals surface area contributed by atoms with E-state index in [1.54, 1.807) is 45.0 Å². The lowest BCUT2D eigenvalue weighted by Crippen LogP contribution is -2.41. The van der Waals surface area contributed by atoms with Crippen LogP contribution in [0.15, 0.2) is 60.8 Å². The van der Waals surface area contributed by atoms with Crippen molar-refractivity contribution >= 4 is 50.8 Å². The minimum absolute atomic E-state index is 0.0544. The van der Waals surface area contributed by atoms with Gasteiger partial charge in [0.1, 0.15) is 16.6 Å². The molecule has 228 valence electrons. The van der Waals surface area contributed by atoms with Crippen LogP contribution < -0.4 is 9.62 Å². The third kappa shape index (κ3) is 6.60. The number of nitrogens with zero attached hydrogens (tertiary/aromatic N) is 3. The number of hydrogen-bond donors (Lipinski definition) is 4. The predicted octanol–water partition coefficient (Wildman–Crippen LogP) is 6.43. The molecule has 3 aromatic heterocycles. The molecule has 43 heavy (non-hydrogen) atoms. The first kappa shape index (κ1) is 32.2. The number of pyridine rings is 2. The molecule has 2 amide bonds. The van der Waals surface area contributed by atoms with Gasteiger partial charge in [0.15, 0.2) is 5.60 Å². The van der Waals surface area contributed by atoms with Crippen molar-refractivity contribution in [1.82, 2.24) is 14.7 Å². The molecular formula is C28H27F3N4O6S2. The molecule has 0 saturated carbocycles. The number of carbonyl (C=O) groups is 2. The first-order valence-electron chi connectivity index (χ1n) is 12.6. The van der Waals surface area contributed by atoms with E-state index in [-0.39, 0.29) is 27.7 Å². The van der Waals surface area contributed by atoms with Gasteiger partial charge in [-0.15, -0.1) is 16.1 Å². The fourth-order valence-electron chi connectivity index (χ4n) is 4.02. The average molecular weight is 637 g/mol. The first-order valence-corrected chi connectivity index (χ1v) is 14.6. The van der Waals surface area contributed by atoms with Crippen LogP contribution in [-0.4, -0.2) is 53.0 Å². The summed E-state index contributed by atoms with van der Waals surface area (Å²) in [6.45, 7) is 5.89. The van der Waals surface area contributed by atoms with Crippen molar-refractivity contribution < 1.29 is 42.6 Å². The highest BCUT2D eigenvalue weighted by atomic mass is 32.2. The predicted molar refractivity (Wildman–Crippen MR) is 156 cm³/mol. The van der Waals surface area contributed by atoms with Gasteiger partial charge in [0.2, 0.25) is 0 Å². The number of carboxylic acid groups (broad SMARTS) is 2. The van der Waals surface area contributed by atoms with E-state index in [1.165, 1.54) is 41.8 Å². The van der Waals surface area contributed by atoms with Crippen molar-refractivity contribution in [3.8, 4) is 11.3 Å². The summed E-state index contributed by atoms with van der Waals surface area (Å²) >= 11 is -0.452. The van der Waals surface area contributed by atoms with Crippen LogP contribution in [0.4, 0.5) is 28.6 Å². The summed E-state index contributed by atoms with van der Waals surface area (Å²) in [6.07, 6.45) is -7.26. The van der Waals surface area contributed by atoms with E-state index in [0.717, 1.165) is 6.07 Å². The number of aliphatic hydroxyl groups is 1. The van der Waals surface area contributed by atoms with Crippen LogP contribution in [-0.2, 0) is 17.0 Å². The molecule has 10 nitrogen and oxygen atoms in total. The number of rotatable bonds is 7. The number of nitrogens with one attached hydrogen (secondary N) is 1. The molecule has 0 bridgehead atoms. The van der Waals surface area contributed by atoms with E-state index in [0.29, 0.717) is 27.5 Å². The molecule has 4 rings (SSSR count). The van der Waals surface area contributed by atoms with Crippen molar-refractivity contribution in [1.29, 1.82) is 0 Å². The molecule has 0 fully saturated rings. The molecule has 0 aliphatic carbocycles. The molecule has 15 heteroatoms. The summed E-state index contributed by atoms with van der Waals surface area (Å²) in [5.74, 6) is -0.384. The topological polar surface area (TPSA) is 159 Å². The summed E-state index contributed by atoms with van der Waals surface area (Å²) in [7, 11) is 0. The number of thiophene rings is 1. The summed E-state index contributed by atoms with van der Waals surface area (Å²) in [4.78, 5) is 32.3. The minimum atomic E-state index is -4.92. The summed E-state index contributed by atoms with van der Waals surface area (Å²) in [5.41, 5.74) is -2.66. The lowest BCUT2D eigenvalue weighted by atomic mass is 9.94. The van der Waals surface area contributed by atoms with Crippen LogP contribution in [0.3, 0.4) is 0 Å². The lowest BCUT2D eigenvalue weighted by molar-refractivity contribution is -0.258. The Labute approximate surface area is 251 Å². The normalized spacial score (nSPS) is 15.1. The zero-order valence-electron chi connectivity index (χ0n) is 23.2. The van der Waals surface area contributed by atoms with Gasteiger partial charge in [-0.05, 0) is 69.0 Å². The van der Waals surface area contributed by atoms with Gasteiger partial charge >= 0.3 is 18.4 Å². The van der Waals surface area contributed by atoms with E-state index >= 15 is 0 Å². The molecule has 4 N–H and O–H groups in total. The number of hydrogen-bond acceptors (Lipinski definition) is 8. The van der Waals surface area contributed by atoms with E-state index in [9.17, 15) is 42.6 Å². The maximum absolute atomic E-state index is 13.5. The van der Waals surface area contributed by atoms with Crippen LogP contribution in [0.1, 0.15) is 49.9 Å². The highest BCUT2D eigenvalue weighted by Gasteiger charge is 2.51. The van der Waals surface area contributed by atoms with E-state index in [4.69, 9.17) is 0 Å². The Morgan fingerprint density at radius 1 is 1.02 bits per heavy atom. The third-order valence-corrected chi connectivity index (χ3v) is 9.25. The zero-order chi connectivity index (χ0) is 31.9. The van der Waals surface area contributed by atoms with Gasteiger partial charge in [0.05, 0.1) is 11.4 Å². The first-order chi connectivity index (χ1) is 19.9. The molecule has 1 aromatic carbocycles. The monoisotopic (exact) mass is 636 g/mol. The van der Waals surface area contributed by atoms with Gasteiger partial charge in [0, 0.05) is 32.7 Å². The lowest BCUT2D eigenvalue weighted by Gasteiger charge is -2.27. The zero-order valence-corrected chi connectivity index (χ0v) is 24.8. The minimum Gasteiger partial charge on any atom is -0.598 e. The van der Waals surface area contributed by atoms with E-state index in [2.05, 4.69) is 14.7 Å². The Morgan fingerprint density at radius 2 is 1.67 bits per heavy atom. The fourth-order valence-corrected chi connectivity index (χ4v) is 6.16. The second-order valence-corrected chi connectivity index (χ2v) is 13.7. The molecule has 3 heterocycles.